The molecule has 1 aromatic carbocycles. The topological polar surface area (TPSA) is 71.0 Å². The molecule has 2 heterocycles. The average molecular weight is 340 g/mol. The average Bonchev–Trinajstić information content (AvgIpc) is 2.64. The Kier molecular flexibility index (Phi) is 4.98. The third kappa shape index (κ3) is 3.67. The van der Waals surface area contributed by atoms with Gasteiger partial charge in [0.15, 0.2) is 0 Å². The van der Waals surface area contributed by atoms with E-state index in [1.165, 1.54) is 0 Å². The van der Waals surface area contributed by atoms with Crippen molar-refractivity contribution in [2.75, 3.05) is 16.1 Å². The number of nitrogens with zero attached hydrogens (tertiary/aromatic N) is 4. The summed E-state index contributed by atoms with van der Waals surface area (Å²) in [5.74, 6) is 0.157. The molecule has 7 heteroatoms. The molecular formula is C17H14ClN5O. The van der Waals surface area contributed by atoms with Crippen LogP contribution in [-0.2, 0) is 4.79 Å². The Morgan fingerprint density at radius 1 is 1.00 bits per heavy atom. The molecule has 0 radical (unpaired) electrons. The second-order valence-electron chi connectivity index (χ2n) is 4.82. The zero-order valence-corrected chi connectivity index (χ0v) is 13.4. The fourth-order valence-corrected chi connectivity index (χ4v) is 2.26. The van der Waals surface area contributed by atoms with E-state index in [2.05, 4.69) is 20.3 Å². The highest BCUT2D eigenvalue weighted by molar-refractivity contribution is 6.29. The lowest BCUT2D eigenvalue weighted by molar-refractivity contribution is -0.113. The first-order chi connectivity index (χ1) is 11.8. The number of hydrogen-bond acceptors (Lipinski definition) is 5. The molecule has 6 nitrogen and oxygen atoms in total. The van der Waals surface area contributed by atoms with Crippen molar-refractivity contribution in [1.82, 2.24) is 15.0 Å². The summed E-state index contributed by atoms with van der Waals surface area (Å²) < 4.78 is 0. The molecular weight excluding hydrogens is 326 g/mol. The summed E-state index contributed by atoms with van der Waals surface area (Å²) in [4.78, 5) is 26.1. The number of anilines is 4. The van der Waals surface area contributed by atoms with Gasteiger partial charge in [-0.1, -0.05) is 6.07 Å². The normalized spacial score (nSPS) is 10.2. The maximum Gasteiger partial charge on any atom is 0.239 e. The van der Waals surface area contributed by atoms with Gasteiger partial charge in [-0.15, -0.1) is 11.6 Å². The Bertz CT molecular complexity index is 774. The van der Waals surface area contributed by atoms with E-state index in [0.717, 1.165) is 11.4 Å². The van der Waals surface area contributed by atoms with Crippen LogP contribution in [0, 0.1) is 0 Å². The van der Waals surface area contributed by atoms with Gasteiger partial charge in [-0.3, -0.25) is 14.7 Å². The molecule has 0 bridgehead atoms. The van der Waals surface area contributed by atoms with Crippen LogP contribution in [0.25, 0.3) is 0 Å². The monoisotopic (exact) mass is 339 g/mol. The van der Waals surface area contributed by atoms with Crippen molar-refractivity contribution in [3.8, 4) is 0 Å². The molecule has 0 aliphatic rings. The van der Waals surface area contributed by atoms with E-state index in [1.54, 1.807) is 36.9 Å². The molecule has 0 aliphatic carbocycles. The Hall–Kier alpha value is -2.99. The number of rotatable bonds is 5. The SMILES string of the molecule is O=C(CCl)Nc1cccc(N(c2ccncc2)c2ncccn2)c1. The number of carbonyl (C=O) groups excluding carboxylic acids is 1. The third-order valence-electron chi connectivity index (χ3n) is 3.18. The van der Waals surface area contributed by atoms with Crippen molar-refractivity contribution in [2.45, 2.75) is 0 Å². The summed E-state index contributed by atoms with van der Waals surface area (Å²) in [5.41, 5.74) is 2.31. The van der Waals surface area contributed by atoms with Crippen molar-refractivity contribution in [2.24, 2.45) is 0 Å². The van der Waals surface area contributed by atoms with Crippen LogP contribution in [-0.4, -0.2) is 26.7 Å². The fourth-order valence-electron chi connectivity index (χ4n) is 2.20. The van der Waals surface area contributed by atoms with E-state index in [0.29, 0.717) is 11.6 Å². The molecule has 1 amide bonds. The number of nitrogens with one attached hydrogen (secondary N) is 1. The van der Waals surface area contributed by atoms with Crippen molar-refractivity contribution in [1.29, 1.82) is 0 Å². The molecule has 1 N–H and O–H groups in total. The summed E-state index contributed by atoms with van der Waals surface area (Å²) in [5, 5.41) is 2.74. The maximum absolute atomic E-state index is 11.5. The largest absolute Gasteiger partial charge is 0.325 e. The van der Waals surface area contributed by atoms with Gasteiger partial charge >= 0.3 is 0 Å². The van der Waals surface area contributed by atoms with E-state index in [4.69, 9.17) is 11.6 Å². The first-order valence-electron chi connectivity index (χ1n) is 7.21. The van der Waals surface area contributed by atoms with Gasteiger partial charge in [-0.25, -0.2) is 9.97 Å². The van der Waals surface area contributed by atoms with Crippen LogP contribution in [0.15, 0.2) is 67.3 Å². The van der Waals surface area contributed by atoms with Crippen molar-refractivity contribution in [3.63, 3.8) is 0 Å². The molecule has 0 aliphatic heterocycles. The minimum atomic E-state index is -0.264. The van der Waals surface area contributed by atoms with Gasteiger partial charge in [-0.2, -0.15) is 0 Å². The number of halogens is 1. The number of hydrogen-bond donors (Lipinski definition) is 1. The smallest absolute Gasteiger partial charge is 0.239 e. The summed E-state index contributed by atoms with van der Waals surface area (Å²) >= 11 is 5.55. The van der Waals surface area contributed by atoms with E-state index in [1.807, 2.05) is 35.2 Å². The van der Waals surface area contributed by atoms with E-state index in [-0.39, 0.29) is 11.8 Å². The van der Waals surface area contributed by atoms with Crippen molar-refractivity contribution < 1.29 is 4.79 Å². The Balaban J connectivity index is 2.03. The second-order valence-corrected chi connectivity index (χ2v) is 5.09. The molecule has 3 rings (SSSR count). The molecule has 2 aromatic heterocycles. The number of pyridine rings is 1. The highest BCUT2D eigenvalue weighted by Crippen LogP contribution is 2.32. The minimum absolute atomic E-state index is 0.0971. The lowest BCUT2D eigenvalue weighted by atomic mass is 10.2. The first-order valence-corrected chi connectivity index (χ1v) is 7.74. The highest BCUT2D eigenvalue weighted by Gasteiger charge is 2.15. The first kappa shape index (κ1) is 15.9. The summed E-state index contributed by atoms with van der Waals surface area (Å²) in [6.07, 6.45) is 6.75. The van der Waals surface area contributed by atoms with Gasteiger partial charge in [0.25, 0.3) is 0 Å². The predicted molar refractivity (Wildman–Crippen MR) is 93.9 cm³/mol. The predicted octanol–water partition coefficient (Wildman–Crippen LogP) is 3.52. The van der Waals surface area contributed by atoms with Gasteiger partial charge in [0, 0.05) is 30.5 Å². The lowest BCUT2D eigenvalue weighted by Gasteiger charge is -2.23. The van der Waals surface area contributed by atoms with E-state index in [9.17, 15) is 4.79 Å². The molecule has 3 aromatic rings. The van der Waals surface area contributed by atoms with Crippen LogP contribution in [0.3, 0.4) is 0 Å². The summed E-state index contributed by atoms with van der Waals surface area (Å²) in [6, 6.07) is 12.9. The number of benzene rings is 1. The molecule has 0 atom stereocenters. The van der Waals surface area contributed by atoms with Gasteiger partial charge < -0.3 is 5.32 Å². The van der Waals surface area contributed by atoms with Gasteiger partial charge in [0.2, 0.25) is 11.9 Å². The van der Waals surface area contributed by atoms with Crippen LogP contribution in [0.5, 0.6) is 0 Å². The van der Waals surface area contributed by atoms with Crippen molar-refractivity contribution >= 4 is 40.5 Å². The van der Waals surface area contributed by atoms with Crippen LogP contribution in [0.1, 0.15) is 0 Å². The zero-order chi connectivity index (χ0) is 16.8. The van der Waals surface area contributed by atoms with Crippen LogP contribution >= 0.6 is 11.6 Å². The fraction of sp³-hybridized carbons (Fsp3) is 0.0588. The number of aromatic nitrogens is 3. The molecule has 0 spiro atoms. The standard InChI is InChI=1S/C17H14ClN5O/c18-12-16(24)22-13-3-1-4-15(11-13)23(14-5-9-19-10-6-14)17-20-7-2-8-21-17/h1-11H,12H2,(H,22,24). The summed E-state index contributed by atoms with van der Waals surface area (Å²) in [7, 11) is 0. The molecule has 0 saturated carbocycles. The Morgan fingerprint density at radius 3 is 2.46 bits per heavy atom. The lowest BCUT2D eigenvalue weighted by Crippen LogP contribution is -2.15. The minimum Gasteiger partial charge on any atom is -0.325 e. The molecule has 24 heavy (non-hydrogen) atoms. The van der Waals surface area contributed by atoms with E-state index < -0.39 is 0 Å². The molecule has 0 fully saturated rings. The Labute approximate surface area is 144 Å². The second kappa shape index (κ2) is 7.52. The molecule has 0 unspecified atom stereocenters. The third-order valence-corrected chi connectivity index (χ3v) is 3.43. The van der Waals surface area contributed by atoms with Crippen LogP contribution in [0.2, 0.25) is 0 Å². The van der Waals surface area contributed by atoms with E-state index >= 15 is 0 Å². The van der Waals surface area contributed by atoms with Gasteiger partial charge in [0.1, 0.15) is 5.88 Å². The Morgan fingerprint density at radius 2 is 1.75 bits per heavy atom. The number of alkyl halides is 1. The van der Waals surface area contributed by atoms with Crippen molar-refractivity contribution in [3.05, 3.63) is 67.3 Å². The molecule has 120 valence electrons. The van der Waals surface area contributed by atoms with Gasteiger partial charge in [0.05, 0.1) is 11.4 Å². The van der Waals surface area contributed by atoms with Crippen LogP contribution in [0.4, 0.5) is 23.0 Å². The number of carbonyl (C=O) groups is 1. The summed E-state index contributed by atoms with van der Waals surface area (Å²) in [6.45, 7) is 0. The quantitative estimate of drug-likeness (QED) is 0.720. The maximum atomic E-state index is 11.5. The van der Waals surface area contributed by atoms with Crippen LogP contribution < -0.4 is 10.2 Å². The zero-order valence-electron chi connectivity index (χ0n) is 12.6. The highest BCUT2D eigenvalue weighted by atomic mass is 35.5. The number of amides is 1. The van der Waals surface area contributed by atoms with Gasteiger partial charge in [-0.05, 0) is 36.4 Å². The molecule has 0 saturated heterocycles.